The molecular weight excluding hydrogens is 178 g/mol. The first-order valence-corrected chi connectivity index (χ1v) is 5.58. The number of carbonyl (C=O) groups is 1. The largest absolute Gasteiger partial charge is 0.396 e. The number of rotatable bonds is 5. The fourth-order valence-electron chi connectivity index (χ4n) is 2.08. The standard InChI is InChI=1S/C11H21NO2/c1-11(7-3-4-8-11)12-10(14)6-2-5-9-13/h13H,2-9H2,1H3,(H,12,14). The van der Waals surface area contributed by atoms with Crippen LogP contribution in [0.1, 0.15) is 51.9 Å². The van der Waals surface area contributed by atoms with Crippen LogP contribution in [0.3, 0.4) is 0 Å². The first-order valence-electron chi connectivity index (χ1n) is 5.58. The Morgan fingerprint density at radius 3 is 2.57 bits per heavy atom. The lowest BCUT2D eigenvalue weighted by Crippen LogP contribution is -2.43. The number of unbranched alkanes of at least 4 members (excludes halogenated alkanes) is 1. The van der Waals surface area contributed by atoms with E-state index >= 15 is 0 Å². The van der Waals surface area contributed by atoms with Crippen molar-refractivity contribution in [2.75, 3.05) is 6.61 Å². The van der Waals surface area contributed by atoms with Crippen LogP contribution in [0.5, 0.6) is 0 Å². The molecule has 1 amide bonds. The molecule has 1 aliphatic carbocycles. The average molecular weight is 199 g/mol. The molecule has 2 N–H and O–H groups in total. The van der Waals surface area contributed by atoms with Gasteiger partial charge < -0.3 is 10.4 Å². The van der Waals surface area contributed by atoms with E-state index in [1.54, 1.807) is 0 Å². The van der Waals surface area contributed by atoms with Gasteiger partial charge in [-0.25, -0.2) is 0 Å². The summed E-state index contributed by atoms with van der Waals surface area (Å²) in [4.78, 5) is 11.5. The van der Waals surface area contributed by atoms with Gasteiger partial charge >= 0.3 is 0 Å². The highest BCUT2D eigenvalue weighted by molar-refractivity contribution is 5.76. The molecule has 3 heteroatoms. The predicted octanol–water partition coefficient (Wildman–Crippen LogP) is 1.60. The average Bonchev–Trinajstić information content (AvgIpc) is 2.52. The van der Waals surface area contributed by atoms with Gasteiger partial charge in [-0.05, 0) is 32.6 Å². The minimum Gasteiger partial charge on any atom is -0.396 e. The highest BCUT2D eigenvalue weighted by Crippen LogP contribution is 2.28. The molecule has 0 radical (unpaired) electrons. The predicted molar refractivity (Wildman–Crippen MR) is 56.0 cm³/mol. The maximum absolute atomic E-state index is 11.5. The van der Waals surface area contributed by atoms with E-state index in [4.69, 9.17) is 5.11 Å². The summed E-state index contributed by atoms with van der Waals surface area (Å²) in [5.74, 6) is 0.142. The summed E-state index contributed by atoms with van der Waals surface area (Å²) < 4.78 is 0. The summed E-state index contributed by atoms with van der Waals surface area (Å²) >= 11 is 0. The van der Waals surface area contributed by atoms with E-state index in [9.17, 15) is 4.79 Å². The minimum atomic E-state index is 0.0519. The maximum Gasteiger partial charge on any atom is 0.220 e. The van der Waals surface area contributed by atoms with Crippen molar-refractivity contribution in [2.24, 2.45) is 0 Å². The van der Waals surface area contributed by atoms with Crippen molar-refractivity contribution in [3.05, 3.63) is 0 Å². The van der Waals surface area contributed by atoms with Gasteiger partial charge in [0.1, 0.15) is 0 Å². The molecular formula is C11H21NO2. The van der Waals surface area contributed by atoms with Gasteiger partial charge in [-0.15, -0.1) is 0 Å². The van der Waals surface area contributed by atoms with Crippen LogP contribution in [0.15, 0.2) is 0 Å². The van der Waals surface area contributed by atoms with E-state index in [1.165, 1.54) is 12.8 Å². The molecule has 1 rings (SSSR count). The van der Waals surface area contributed by atoms with Gasteiger partial charge in [-0.1, -0.05) is 12.8 Å². The highest BCUT2D eigenvalue weighted by Gasteiger charge is 2.29. The van der Waals surface area contributed by atoms with Gasteiger partial charge in [0.05, 0.1) is 0 Å². The van der Waals surface area contributed by atoms with Gasteiger partial charge in [0.25, 0.3) is 0 Å². The number of hydrogen-bond donors (Lipinski definition) is 2. The third kappa shape index (κ3) is 3.66. The van der Waals surface area contributed by atoms with Crippen LogP contribution in [-0.4, -0.2) is 23.2 Å². The van der Waals surface area contributed by atoms with Gasteiger partial charge in [0.2, 0.25) is 5.91 Å². The molecule has 0 unspecified atom stereocenters. The molecule has 0 heterocycles. The van der Waals surface area contributed by atoms with Crippen molar-refractivity contribution in [3.8, 4) is 0 Å². The van der Waals surface area contributed by atoms with Crippen molar-refractivity contribution in [2.45, 2.75) is 57.4 Å². The van der Waals surface area contributed by atoms with Crippen LogP contribution in [-0.2, 0) is 4.79 Å². The van der Waals surface area contributed by atoms with E-state index in [2.05, 4.69) is 12.2 Å². The fourth-order valence-corrected chi connectivity index (χ4v) is 2.08. The Morgan fingerprint density at radius 2 is 2.00 bits per heavy atom. The first kappa shape index (κ1) is 11.5. The smallest absolute Gasteiger partial charge is 0.220 e. The van der Waals surface area contributed by atoms with Crippen LogP contribution < -0.4 is 5.32 Å². The molecule has 3 nitrogen and oxygen atoms in total. The molecule has 0 saturated heterocycles. The van der Waals surface area contributed by atoms with E-state index < -0.39 is 0 Å². The van der Waals surface area contributed by atoms with Crippen LogP contribution in [0, 0.1) is 0 Å². The van der Waals surface area contributed by atoms with E-state index in [1.807, 2.05) is 0 Å². The normalized spacial score (nSPS) is 19.6. The molecule has 1 aliphatic rings. The van der Waals surface area contributed by atoms with Crippen LogP contribution in [0.4, 0.5) is 0 Å². The SMILES string of the molecule is CC1(NC(=O)CCCCO)CCCC1. The van der Waals surface area contributed by atoms with Gasteiger partial charge in [-0.2, -0.15) is 0 Å². The van der Waals surface area contributed by atoms with Crippen LogP contribution >= 0.6 is 0 Å². The molecule has 0 bridgehead atoms. The van der Waals surface area contributed by atoms with Crippen molar-refractivity contribution >= 4 is 5.91 Å². The summed E-state index contributed by atoms with van der Waals surface area (Å²) in [6.07, 6.45) is 6.75. The zero-order chi connectivity index (χ0) is 10.4. The number of aliphatic hydroxyl groups excluding tert-OH is 1. The fraction of sp³-hybridized carbons (Fsp3) is 0.909. The quantitative estimate of drug-likeness (QED) is 0.661. The number of amides is 1. The lowest BCUT2D eigenvalue weighted by molar-refractivity contribution is -0.122. The zero-order valence-electron chi connectivity index (χ0n) is 9.01. The molecule has 0 aromatic rings. The molecule has 0 spiro atoms. The van der Waals surface area contributed by atoms with Crippen molar-refractivity contribution in [1.82, 2.24) is 5.32 Å². The van der Waals surface area contributed by atoms with Gasteiger partial charge in [0.15, 0.2) is 0 Å². The van der Waals surface area contributed by atoms with Crippen molar-refractivity contribution < 1.29 is 9.90 Å². The Labute approximate surface area is 85.9 Å². The Morgan fingerprint density at radius 1 is 1.36 bits per heavy atom. The van der Waals surface area contributed by atoms with Crippen molar-refractivity contribution in [3.63, 3.8) is 0 Å². The van der Waals surface area contributed by atoms with Crippen LogP contribution in [0.25, 0.3) is 0 Å². The molecule has 14 heavy (non-hydrogen) atoms. The minimum absolute atomic E-state index is 0.0519. The maximum atomic E-state index is 11.5. The van der Waals surface area contributed by atoms with E-state index in [0.29, 0.717) is 6.42 Å². The van der Waals surface area contributed by atoms with E-state index in [-0.39, 0.29) is 18.1 Å². The summed E-state index contributed by atoms with van der Waals surface area (Å²) in [7, 11) is 0. The third-order valence-corrected chi connectivity index (χ3v) is 2.96. The third-order valence-electron chi connectivity index (χ3n) is 2.96. The summed E-state index contributed by atoms with van der Waals surface area (Å²) in [5.41, 5.74) is 0.0519. The second-order valence-electron chi connectivity index (χ2n) is 4.50. The summed E-state index contributed by atoms with van der Waals surface area (Å²) in [6.45, 7) is 2.31. The second kappa shape index (κ2) is 5.35. The summed E-state index contributed by atoms with van der Waals surface area (Å²) in [6, 6.07) is 0. The first-order chi connectivity index (χ1) is 6.66. The molecule has 1 fully saturated rings. The number of nitrogens with one attached hydrogen (secondary N) is 1. The lowest BCUT2D eigenvalue weighted by Gasteiger charge is -2.25. The Hall–Kier alpha value is -0.570. The number of hydrogen-bond acceptors (Lipinski definition) is 2. The Bertz CT molecular complexity index is 186. The molecule has 0 aliphatic heterocycles. The monoisotopic (exact) mass is 199 g/mol. The van der Waals surface area contributed by atoms with Gasteiger partial charge in [-0.3, -0.25) is 4.79 Å². The molecule has 82 valence electrons. The number of carbonyl (C=O) groups excluding carboxylic acids is 1. The lowest BCUT2D eigenvalue weighted by atomic mass is 10.0. The Kier molecular flexibility index (Phi) is 4.39. The topological polar surface area (TPSA) is 49.3 Å². The molecule has 0 aromatic carbocycles. The zero-order valence-corrected chi connectivity index (χ0v) is 9.01. The molecule has 0 atom stereocenters. The van der Waals surface area contributed by atoms with Gasteiger partial charge in [0, 0.05) is 18.6 Å². The summed E-state index contributed by atoms with van der Waals surface area (Å²) in [5, 5.41) is 11.7. The van der Waals surface area contributed by atoms with Crippen molar-refractivity contribution in [1.29, 1.82) is 0 Å². The number of aliphatic hydroxyl groups is 1. The Balaban J connectivity index is 2.19. The second-order valence-corrected chi connectivity index (χ2v) is 4.50. The molecule has 1 saturated carbocycles. The van der Waals surface area contributed by atoms with E-state index in [0.717, 1.165) is 25.7 Å². The highest BCUT2D eigenvalue weighted by atomic mass is 16.2. The van der Waals surface area contributed by atoms with Crippen LogP contribution in [0.2, 0.25) is 0 Å². The molecule has 0 aromatic heterocycles.